The van der Waals surface area contributed by atoms with E-state index >= 15 is 0 Å². The second-order valence-electron chi connectivity index (χ2n) is 12.1. The molecule has 2 aliphatic rings. The Morgan fingerprint density at radius 1 is 0.833 bits per heavy atom. The number of aromatic nitrogens is 4. The quantitative estimate of drug-likeness (QED) is 0.161. The Labute approximate surface area is 279 Å². The summed E-state index contributed by atoms with van der Waals surface area (Å²) in [5.74, 6) is 8.05. The predicted molar refractivity (Wildman–Crippen MR) is 182 cm³/mol. The zero-order valence-electron chi connectivity index (χ0n) is 26.7. The highest BCUT2D eigenvalue weighted by Crippen LogP contribution is 2.34. The first kappa shape index (κ1) is 31.0. The van der Waals surface area contributed by atoms with Gasteiger partial charge in [-0.1, -0.05) is 66.4 Å². The summed E-state index contributed by atoms with van der Waals surface area (Å²) in [5, 5.41) is 6.19. The molecule has 2 fully saturated rings. The van der Waals surface area contributed by atoms with E-state index in [9.17, 15) is 9.59 Å². The Kier molecular flexibility index (Phi) is 9.03. The number of carbonyl (C=O) groups excluding carboxylic acids is 2. The molecule has 0 radical (unpaired) electrons. The molecule has 5 aromatic rings. The predicted octanol–water partition coefficient (Wildman–Crippen LogP) is 6.05. The highest BCUT2D eigenvalue weighted by atomic mass is 16.5. The molecule has 3 atom stereocenters. The van der Waals surface area contributed by atoms with Gasteiger partial charge in [-0.15, -0.1) is 0 Å². The van der Waals surface area contributed by atoms with Crippen molar-refractivity contribution in [3.63, 3.8) is 0 Å². The van der Waals surface area contributed by atoms with Gasteiger partial charge in [0.15, 0.2) is 0 Å². The van der Waals surface area contributed by atoms with E-state index in [-0.39, 0.29) is 11.9 Å². The van der Waals surface area contributed by atoms with E-state index in [0.29, 0.717) is 18.2 Å². The van der Waals surface area contributed by atoms with Gasteiger partial charge >= 0.3 is 6.09 Å². The zero-order valence-corrected chi connectivity index (χ0v) is 26.7. The van der Waals surface area contributed by atoms with Crippen LogP contribution >= 0.6 is 0 Å². The van der Waals surface area contributed by atoms with E-state index in [4.69, 9.17) is 4.74 Å². The van der Waals surface area contributed by atoms with Gasteiger partial charge in [-0.25, -0.2) is 14.8 Å². The number of methoxy groups -OCH3 is 1. The lowest BCUT2D eigenvalue weighted by Gasteiger charge is -2.28. The van der Waals surface area contributed by atoms with Crippen molar-refractivity contribution in [3.8, 4) is 34.4 Å². The molecule has 0 spiro atoms. The van der Waals surface area contributed by atoms with E-state index in [1.54, 1.807) is 11.1 Å². The van der Waals surface area contributed by atoms with E-state index in [1.807, 2.05) is 72.9 Å². The Morgan fingerprint density at radius 3 is 2.06 bits per heavy atom. The second-order valence-corrected chi connectivity index (χ2v) is 12.1. The molecule has 242 valence electrons. The molecule has 0 unspecified atom stereocenters. The first-order valence-corrected chi connectivity index (χ1v) is 16.3. The minimum absolute atomic E-state index is 0.197. The molecule has 48 heavy (non-hydrogen) atoms. The van der Waals surface area contributed by atoms with Crippen molar-refractivity contribution in [1.82, 2.24) is 35.5 Å². The van der Waals surface area contributed by atoms with Gasteiger partial charge in [-0.05, 0) is 73.2 Å². The summed E-state index contributed by atoms with van der Waals surface area (Å²) in [6.45, 7) is 1.61. The van der Waals surface area contributed by atoms with Crippen LogP contribution in [0.1, 0.15) is 72.1 Å². The number of nitrogens with zero attached hydrogens (tertiary/aromatic N) is 3. The molecule has 4 N–H and O–H groups in total. The summed E-state index contributed by atoms with van der Waals surface area (Å²) < 4.78 is 4.81. The largest absolute Gasteiger partial charge is 0.453 e. The van der Waals surface area contributed by atoms with Crippen molar-refractivity contribution in [3.05, 3.63) is 120 Å². The number of alkyl carbamates (subject to hydrolysis) is 1. The molecule has 0 saturated carbocycles. The standard InChI is InChI=1S/C38H37N7O3/c1-48-38(47)44-34(29-7-3-2-4-8-29)37(46)45-22-6-10-33(45)36-41-24-32(43-36)28-19-15-26(16-20-28)12-11-25-13-17-27(18-14-25)31-23-40-35(42-31)30-9-5-21-39-30/h2-4,7-8,13-20,23-24,30,33-34,39H,5-6,9-10,21-22H2,1H3,(H,40,42)(H,41,43)(H,44,47)/t30-,33-,34+/m0/s1. The van der Waals surface area contributed by atoms with Crippen LogP contribution in [0.25, 0.3) is 22.5 Å². The van der Waals surface area contributed by atoms with Gasteiger partial charge in [-0.3, -0.25) is 4.79 Å². The van der Waals surface area contributed by atoms with Gasteiger partial charge in [0, 0.05) is 17.7 Å². The number of H-pyrrole nitrogens is 2. The lowest BCUT2D eigenvalue weighted by Crippen LogP contribution is -2.42. The maximum Gasteiger partial charge on any atom is 0.407 e. The molecule has 0 aliphatic carbocycles. The second kappa shape index (κ2) is 14.0. The summed E-state index contributed by atoms with van der Waals surface area (Å²) in [6.07, 6.45) is 6.94. The normalized spacial score (nSPS) is 17.8. The Hall–Kier alpha value is -5.66. The summed E-state index contributed by atoms with van der Waals surface area (Å²) in [6, 6.07) is 24.7. The molecular formula is C38H37N7O3. The Balaban J connectivity index is 1.01. The SMILES string of the molecule is COC(=O)N[C@@H](C(=O)N1CCC[C@H]1c1ncc(-c2ccc(C#Cc3ccc(-c4cnc([C@@H]5CCCN5)[nH]4)cc3)cc2)[nH]1)c1ccccc1. The number of nitrogens with one attached hydrogen (secondary N) is 4. The maximum absolute atomic E-state index is 13.8. The minimum atomic E-state index is -0.858. The van der Waals surface area contributed by atoms with Crippen molar-refractivity contribution in [2.45, 2.75) is 43.8 Å². The van der Waals surface area contributed by atoms with Crippen molar-refractivity contribution < 1.29 is 14.3 Å². The molecule has 2 aromatic heterocycles. The molecular weight excluding hydrogens is 602 g/mol. The van der Waals surface area contributed by atoms with Crippen LogP contribution in [0, 0.1) is 11.8 Å². The van der Waals surface area contributed by atoms with E-state index < -0.39 is 12.1 Å². The average molecular weight is 640 g/mol. The van der Waals surface area contributed by atoms with Crippen LogP contribution in [-0.4, -0.2) is 57.0 Å². The third kappa shape index (κ3) is 6.73. The van der Waals surface area contributed by atoms with Crippen LogP contribution in [0.15, 0.2) is 91.3 Å². The molecule has 10 heteroatoms. The lowest BCUT2D eigenvalue weighted by molar-refractivity contribution is -0.134. The van der Waals surface area contributed by atoms with E-state index in [0.717, 1.165) is 71.1 Å². The third-order valence-electron chi connectivity index (χ3n) is 9.00. The zero-order chi connectivity index (χ0) is 32.9. The van der Waals surface area contributed by atoms with Crippen LogP contribution in [0.2, 0.25) is 0 Å². The van der Waals surface area contributed by atoms with E-state index in [1.165, 1.54) is 13.5 Å². The van der Waals surface area contributed by atoms with Gasteiger partial charge in [0.25, 0.3) is 5.91 Å². The number of aromatic amines is 2. The smallest absolute Gasteiger partial charge is 0.407 e. The topological polar surface area (TPSA) is 128 Å². The first-order valence-electron chi connectivity index (χ1n) is 16.3. The highest BCUT2D eigenvalue weighted by molar-refractivity contribution is 5.87. The van der Waals surface area contributed by atoms with Crippen molar-refractivity contribution in [2.75, 3.05) is 20.2 Å². The summed E-state index contributed by atoms with van der Waals surface area (Å²) in [5.41, 5.74) is 6.46. The fraction of sp³-hybridized carbons (Fsp3) is 0.263. The number of rotatable bonds is 7. The molecule has 7 rings (SSSR count). The Morgan fingerprint density at radius 2 is 1.46 bits per heavy atom. The number of amides is 2. The number of hydrogen-bond acceptors (Lipinski definition) is 6. The lowest BCUT2D eigenvalue weighted by atomic mass is 10.1. The van der Waals surface area contributed by atoms with Crippen LogP contribution in [0.3, 0.4) is 0 Å². The highest BCUT2D eigenvalue weighted by Gasteiger charge is 2.37. The van der Waals surface area contributed by atoms with Crippen LogP contribution in [0.4, 0.5) is 4.79 Å². The fourth-order valence-corrected chi connectivity index (χ4v) is 6.43. The summed E-state index contributed by atoms with van der Waals surface area (Å²) in [4.78, 5) is 43.8. The molecule has 3 aromatic carbocycles. The molecule has 2 saturated heterocycles. The number of likely N-dealkylation sites (tertiary alicyclic amines) is 1. The molecule has 0 bridgehead atoms. The van der Waals surface area contributed by atoms with Crippen molar-refractivity contribution >= 4 is 12.0 Å². The van der Waals surface area contributed by atoms with Gasteiger partial charge in [-0.2, -0.15) is 0 Å². The van der Waals surface area contributed by atoms with E-state index in [2.05, 4.69) is 54.5 Å². The number of carbonyl (C=O) groups is 2. The number of benzene rings is 3. The maximum atomic E-state index is 13.8. The average Bonchev–Trinajstić information content (AvgIpc) is 3.97. The molecule has 2 aliphatic heterocycles. The summed E-state index contributed by atoms with van der Waals surface area (Å²) in [7, 11) is 1.29. The fourth-order valence-electron chi connectivity index (χ4n) is 6.43. The third-order valence-corrected chi connectivity index (χ3v) is 9.00. The Bertz CT molecular complexity index is 1930. The molecule has 2 amide bonds. The minimum Gasteiger partial charge on any atom is -0.453 e. The van der Waals surface area contributed by atoms with Crippen LogP contribution < -0.4 is 10.6 Å². The van der Waals surface area contributed by atoms with Gasteiger partial charge in [0.1, 0.15) is 17.7 Å². The molecule has 4 heterocycles. The number of hydrogen-bond donors (Lipinski definition) is 4. The van der Waals surface area contributed by atoms with Crippen molar-refractivity contribution in [2.24, 2.45) is 0 Å². The molecule has 10 nitrogen and oxygen atoms in total. The van der Waals surface area contributed by atoms with Gasteiger partial charge in [0.05, 0.1) is 43.0 Å². The van der Waals surface area contributed by atoms with Crippen LogP contribution in [0.5, 0.6) is 0 Å². The summed E-state index contributed by atoms with van der Waals surface area (Å²) >= 11 is 0. The van der Waals surface area contributed by atoms with Gasteiger partial charge in [0.2, 0.25) is 0 Å². The van der Waals surface area contributed by atoms with Gasteiger partial charge < -0.3 is 30.2 Å². The van der Waals surface area contributed by atoms with Crippen molar-refractivity contribution in [1.29, 1.82) is 0 Å². The first-order chi connectivity index (χ1) is 23.6. The monoisotopic (exact) mass is 639 g/mol. The van der Waals surface area contributed by atoms with Crippen LogP contribution in [-0.2, 0) is 9.53 Å². The number of ether oxygens (including phenoxy) is 1. The number of imidazole rings is 2.